The number of halogens is 1. The summed E-state index contributed by atoms with van der Waals surface area (Å²) >= 11 is 0. The minimum Gasteiger partial charge on any atom is -0.350 e. The van der Waals surface area contributed by atoms with Crippen molar-refractivity contribution in [1.82, 2.24) is 25.8 Å². The molecule has 5 rings (SSSR count). The number of alkyl halides is 1. The number of carbonyl (C=O) groups is 1. The van der Waals surface area contributed by atoms with Gasteiger partial charge in [-0.3, -0.25) is 14.6 Å². The summed E-state index contributed by atoms with van der Waals surface area (Å²) < 4.78 is 14.4. The van der Waals surface area contributed by atoms with Crippen LogP contribution in [-0.2, 0) is 4.79 Å². The zero-order valence-corrected chi connectivity index (χ0v) is 21.3. The highest BCUT2D eigenvalue weighted by molar-refractivity contribution is 5.80. The Hall–Kier alpha value is -0.840. The molecule has 5 fully saturated rings. The molecular weight excluding hydrogens is 445 g/mol. The van der Waals surface area contributed by atoms with Crippen molar-refractivity contribution in [2.45, 2.75) is 94.3 Å². The molecule has 8 nitrogen and oxygen atoms in total. The number of piperazine rings is 1. The number of hydrogen-bond acceptors (Lipinski definition) is 7. The molecule has 3 heterocycles. The molecule has 6 atom stereocenters. The quantitative estimate of drug-likeness (QED) is 0.326. The van der Waals surface area contributed by atoms with Crippen LogP contribution in [0.2, 0.25) is 0 Å². The number of piperidine rings is 1. The van der Waals surface area contributed by atoms with E-state index in [0.29, 0.717) is 18.4 Å². The number of rotatable bonds is 7. The monoisotopic (exact) mass is 493 g/mol. The maximum Gasteiger partial charge on any atom is 0.227 e. The van der Waals surface area contributed by atoms with E-state index in [1.54, 1.807) is 0 Å². The summed E-state index contributed by atoms with van der Waals surface area (Å²) in [6.45, 7) is 6.42. The van der Waals surface area contributed by atoms with Gasteiger partial charge in [-0.25, -0.2) is 4.39 Å². The Labute approximate surface area is 210 Å². The van der Waals surface area contributed by atoms with Crippen LogP contribution in [0.15, 0.2) is 0 Å². The molecule has 0 aromatic rings. The van der Waals surface area contributed by atoms with Crippen molar-refractivity contribution in [3.05, 3.63) is 0 Å². The molecule has 7 N–H and O–H groups in total. The second kappa shape index (κ2) is 11.7. The smallest absolute Gasteiger partial charge is 0.227 e. The van der Waals surface area contributed by atoms with Crippen LogP contribution in [0.25, 0.3) is 0 Å². The normalized spacial score (nSPS) is 37.3. The first kappa shape index (κ1) is 25.8. The van der Waals surface area contributed by atoms with Gasteiger partial charge in [-0.2, -0.15) is 0 Å². The van der Waals surface area contributed by atoms with Gasteiger partial charge in [-0.1, -0.05) is 25.7 Å². The largest absolute Gasteiger partial charge is 0.350 e. The van der Waals surface area contributed by atoms with Gasteiger partial charge >= 0.3 is 0 Å². The highest BCUT2D eigenvalue weighted by Gasteiger charge is 2.44. The number of amides is 1. The number of nitrogens with zero attached hydrogens (tertiary/aromatic N) is 2. The predicted molar refractivity (Wildman–Crippen MR) is 136 cm³/mol. The Morgan fingerprint density at radius 2 is 1.63 bits per heavy atom. The van der Waals surface area contributed by atoms with Crippen LogP contribution in [0.5, 0.6) is 0 Å². The molecule has 5 aliphatic rings. The van der Waals surface area contributed by atoms with Crippen LogP contribution >= 0.6 is 0 Å². The Morgan fingerprint density at radius 3 is 2.31 bits per heavy atom. The maximum absolute atomic E-state index is 14.4. The van der Waals surface area contributed by atoms with E-state index in [4.69, 9.17) is 11.5 Å². The van der Waals surface area contributed by atoms with Crippen molar-refractivity contribution in [1.29, 1.82) is 0 Å². The summed E-state index contributed by atoms with van der Waals surface area (Å²) in [5.74, 6) is 0.159. The first-order chi connectivity index (χ1) is 17.0. The molecule has 3 aliphatic heterocycles. The molecule has 0 spiro atoms. The van der Waals surface area contributed by atoms with Crippen LogP contribution in [0, 0.1) is 17.8 Å². The molecule has 0 radical (unpaired) electrons. The molecule has 200 valence electrons. The Balaban J connectivity index is 1.26. The van der Waals surface area contributed by atoms with E-state index >= 15 is 0 Å². The molecule has 35 heavy (non-hydrogen) atoms. The Morgan fingerprint density at radius 1 is 0.914 bits per heavy atom. The average molecular weight is 494 g/mol. The van der Waals surface area contributed by atoms with Gasteiger partial charge in [0.05, 0.1) is 18.1 Å². The number of hydrogen-bond donors (Lipinski definition) is 5. The molecule has 0 aromatic heterocycles. The molecule has 6 unspecified atom stereocenters. The third-order valence-corrected chi connectivity index (χ3v) is 9.61. The summed E-state index contributed by atoms with van der Waals surface area (Å²) in [4.78, 5) is 19.0. The van der Waals surface area contributed by atoms with Gasteiger partial charge in [0.25, 0.3) is 0 Å². The van der Waals surface area contributed by atoms with Crippen LogP contribution in [0.1, 0.15) is 57.8 Å². The van der Waals surface area contributed by atoms with Gasteiger partial charge in [0.1, 0.15) is 6.17 Å². The third kappa shape index (κ3) is 6.18. The van der Waals surface area contributed by atoms with E-state index in [0.717, 1.165) is 71.0 Å². The SMILES string of the molecule is NC(N)C(C(=O)NC1CNCCC1N1CCN(C2CC2)CC1)C1NCC(F)CCC1C1CCCC1. The summed E-state index contributed by atoms with van der Waals surface area (Å²) in [5.41, 5.74) is 12.6. The first-order valence-electron chi connectivity index (χ1n) is 14.4. The maximum atomic E-state index is 14.4. The summed E-state index contributed by atoms with van der Waals surface area (Å²) in [7, 11) is 0. The highest BCUT2D eigenvalue weighted by atomic mass is 19.1. The second-order valence-corrected chi connectivity index (χ2v) is 11.9. The number of carbonyl (C=O) groups excluding carboxylic acids is 1. The van der Waals surface area contributed by atoms with Crippen molar-refractivity contribution < 1.29 is 9.18 Å². The molecule has 2 saturated carbocycles. The third-order valence-electron chi connectivity index (χ3n) is 9.61. The van der Waals surface area contributed by atoms with Crippen LogP contribution < -0.4 is 27.4 Å². The predicted octanol–water partition coefficient (Wildman–Crippen LogP) is 0.369. The first-order valence-corrected chi connectivity index (χ1v) is 14.4. The second-order valence-electron chi connectivity index (χ2n) is 11.9. The topological polar surface area (TPSA) is 112 Å². The fraction of sp³-hybridized carbons (Fsp3) is 0.962. The standard InChI is InChI=1S/C26H48FN7O/c27-18-5-8-20(17-3-1-2-4-17)24(31-15-18)23(25(28)29)26(35)32-21-16-30-10-9-22(21)34-13-11-33(12-14-34)19-6-7-19/h17-25,30-31H,1-16,28-29H2,(H,32,35). The van der Waals surface area contributed by atoms with Crippen molar-refractivity contribution in [2.75, 3.05) is 45.8 Å². The van der Waals surface area contributed by atoms with E-state index in [9.17, 15) is 9.18 Å². The van der Waals surface area contributed by atoms with Crippen molar-refractivity contribution in [3.8, 4) is 0 Å². The van der Waals surface area contributed by atoms with E-state index in [1.165, 1.54) is 25.7 Å². The zero-order chi connectivity index (χ0) is 24.4. The fourth-order valence-electron chi connectivity index (χ4n) is 7.54. The summed E-state index contributed by atoms with van der Waals surface area (Å²) in [5, 5.41) is 10.3. The molecule has 9 heteroatoms. The minimum absolute atomic E-state index is 0.0367. The summed E-state index contributed by atoms with van der Waals surface area (Å²) in [6, 6.07) is 1.01. The summed E-state index contributed by atoms with van der Waals surface area (Å²) in [6.07, 6.45) is 8.23. The van der Waals surface area contributed by atoms with Gasteiger partial charge in [-0.15, -0.1) is 0 Å². The average Bonchev–Trinajstić information content (AvgIpc) is 3.60. The molecule has 1 amide bonds. The zero-order valence-electron chi connectivity index (χ0n) is 21.3. The fourth-order valence-corrected chi connectivity index (χ4v) is 7.54. The van der Waals surface area contributed by atoms with Crippen molar-refractivity contribution >= 4 is 5.91 Å². The molecular formula is C26H48FN7O. The lowest BCUT2D eigenvalue weighted by Crippen LogP contribution is -2.66. The van der Waals surface area contributed by atoms with Crippen LogP contribution in [0.4, 0.5) is 4.39 Å². The van der Waals surface area contributed by atoms with Crippen LogP contribution in [-0.4, -0.2) is 98.0 Å². The van der Waals surface area contributed by atoms with E-state index < -0.39 is 18.3 Å². The Bertz CT molecular complexity index is 693. The van der Waals surface area contributed by atoms with Gasteiger partial charge in [0, 0.05) is 57.4 Å². The van der Waals surface area contributed by atoms with E-state index in [2.05, 4.69) is 25.8 Å². The minimum atomic E-state index is -0.872. The number of nitrogens with one attached hydrogen (secondary N) is 3. The number of nitrogens with two attached hydrogens (primary N) is 2. The lowest BCUT2D eigenvalue weighted by atomic mass is 9.75. The Kier molecular flexibility index (Phi) is 8.62. The lowest BCUT2D eigenvalue weighted by Gasteiger charge is -2.45. The van der Waals surface area contributed by atoms with Crippen LogP contribution in [0.3, 0.4) is 0 Å². The van der Waals surface area contributed by atoms with E-state index in [1.807, 2.05) is 0 Å². The van der Waals surface area contributed by atoms with Gasteiger partial charge in [0.2, 0.25) is 5.91 Å². The lowest BCUT2D eigenvalue weighted by molar-refractivity contribution is -0.129. The molecule has 3 saturated heterocycles. The van der Waals surface area contributed by atoms with E-state index in [-0.39, 0.29) is 30.5 Å². The van der Waals surface area contributed by atoms with Gasteiger partial charge in [-0.05, 0) is 50.5 Å². The highest BCUT2D eigenvalue weighted by Crippen LogP contribution is 2.39. The van der Waals surface area contributed by atoms with Crippen molar-refractivity contribution in [2.24, 2.45) is 29.2 Å². The molecule has 2 aliphatic carbocycles. The van der Waals surface area contributed by atoms with Gasteiger partial charge in [0.15, 0.2) is 0 Å². The molecule has 0 aromatic carbocycles. The van der Waals surface area contributed by atoms with Crippen molar-refractivity contribution in [3.63, 3.8) is 0 Å². The van der Waals surface area contributed by atoms with Gasteiger partial charge < -0.3 is 27.4 Å². The molecule has 0 bridgehead atoms.